The number of methoxy groups -OCH3 is 1. The van der Waals surface area contributed by atoms with Crippen molar-refractivity contribution in [2.24, 2.45) is 0 Å². The predicted octanol–water partition coefficient (Wildman–Crippen LogP) is 4.27. The van der Waals surface area contributed by atoms with Crippen molar-refractivity contribution in [3.05, 3.63) is 64.1 Å². The number of carbonyl (C=O) groups excluding carboxylic acids is 1. The molecule has 0 heterocycles. The number of para-hydroxylation sites is 1. The highest BCUT2D eigenvalue weighted by atomic mass is 79.9. The topological polar surface area (TPSA) is 26.3 Å². The maximum atomic E-state index is 12.2. The van der Waals surface area contributed by atoms with Crippen LogP contribution in [0.4, 0.5) is 0 Å². The second-order valence-electron chi connectivity index (χ2n) is 4.25. The number of ether oxygens (including phenoxy) is 1. The van der Waals surface area contributed by atoms with E-state index in [0.717, 1.165) is 16.5 Å². The van der Waals surface area contributed by atoms with Crippen LogP contribution in [-0.2, 0) is 6.42 Å². The molecule has 0 amide bonds. The summed E-state index contributed by atoms with van der Waals surface area (Å²) in [5.41, 5.74) is 1.80. The van der Waals surface area contributed by atoms with Crippen LogP contribution in [0.15, 0.2) is 53.0 Å². The molecule has 0 aliphatic rings. The highest BCUT2D eigenvalue weighted by Crippen LogP contribution is 2.20. The number of halogens is 1. The first-order valence-electron chi connectivity index (χ1n) is 6.11. The molecule has 0 aromatic heterocycles. The van der Waals surface area contributed by atoms with Gasteiger partial charge in [-0.05, 0) is 36.2 Å². The van der Waals surface area contributed by atoms with Crippen molar-refractivity contribution in [3.8, 4) is 5.75 Å². The summed E-state index contributed by atoms with van der Waals surface area (Å²) in [4.78, 5) is 12.2. The first-order valence-corrected chi connectivity index (χ1v) is 6.90. The highest BCUT2D eigenvalue weighted by molar-refractivity contribution is 9.10. The summed E-state index contributed by atoms with van der Waals surface area (Å²) < 4.78 is 6.25. The van der Waals surface area contributed by atoms with Crippen molar-refractivity contribution in [1.82, 2.24) is 0 Å². The molecule has 19 heavy (non-hydrogen) atoms. The van der Waals surface area contributed by atoms with Crippen molar-refractivity contribution in [2.75, 3.05) is 7.11 Å². The van der Waals surface area contributed by atoms with Crippen LogP contribution in [0, 0.1) is 0 Å². The average Bonchev–Trinajstić information content (AvgIpc) is 2.45. The van der Waals surface area contributed by atoms with Gasteiger partial charge in [0.1, 0.15) is 5.75 Å². The van der Waals surface area contributed by atoms with E-state index in [1.54, 1.807) is 7.11 Å². The second-order valence-corrected chi connectivity index (χ2v) is 5.17. The molecule has 0 radical (unpaired) electrons. The Kier molecular flexibility index (Phi) is 4.74. The van der Waals surface area contributed by atoms with Crippen molar-refractivity contribution in [1.29, 1.82) is 0 Å². The van der Waals surface area contributed by atoms with Crippen molar-refractivity contribution >= 4 is 21.7 Å². The molecule has 2 nitrogen and oxygen atoms in total. The van der Waals surface area contributed by atoms with Gasteiger partial charge in [-0.2, -0.15) is 0 Å². The molecule has 0 bridgehead atoms. The van der Waals surface area contributed by atoms with Gasteiger partial charge in [0.2, 0.25) is 0 Å². The molecule has 0 saturated carbocycles. The zero-order valence-electron chi connectivity index (χ0n) is 10.7. The molecular weight excluding hydrogens is 304 g/mol. The van der Waals surface area contributed by atoms with Crippen LogP contribution in [0.25, 0.3) is 0 Å². The number of Topliss-reactive ketones (excluding diaryl/α,β-unsaturated/α-hetero) is 1. The number of benzene rings is 2. The fourth-order valence-electron chi connectivity index (χ4n) is 1.96. The van der Waals surface area contributed by atoms with Crippen molar-refractivity contribution < 1.29 is 9.53 Å². The lowest BCUT2D eigenvalue weighted by atomic mass is 10.0. The van der Waals surface area contributed by atoms with E-state index in [-0.39, 0.29) is 5.78 Å². The van der Waals surface area contributed by atoms with Crippen LogP contribution in [0.5, 0.6) is 5.75 Å². The van der Waals surface area contributed by atoms with Crippen LogP contribution < -0.4 is 4.74 Å². The Labute approximate surface area is 121 Å². The van der Waals surface area contributed by atoms with Crippen LogP contribution in [0.1, 0.15) is 22.3 Å². The molecule has 2 aromatic carbocycles. The molecule has 0 aliphatic heterocycles. The first kappa shape index (κ1) is 13.8. The number of carbonyl (C=O) groups is 1. The number of hydrogen-bond donors (Lipinski definition) is 0. The number of rotatable bonds is 5. The van der Waals surface area contributed by atoms with Gasteiger partial charge in [-0.15, -0.1) is 0 Å². The van der Waals surface area contributed by atoms with Crippen LogP contribution in [0.3, 0.4) is 0 Å². The van der Waals surface area contributed by atoms with Crippen LogP contribution in [0.2, 0.25) is 0 Å². The van der Waals surface area contributed by atoms with E-state index in [9.17, 15) is 4.79 Å². The monoisotopic (exact) mass is 318 g/mol. The minimum atomic E-state index is 0.109. The molecule has 0 atom stereocenters. The predicted molar refractivity (Wildman–Crippen MR) is 79.8 cm³/mol. The molecule has 2 rings (SSSR count). The van der Waals surface area contributed by atoms with E-state index in [2.05, 4.69) is 15.9 Å². The number of ketones is 1. The smallest absolute Gasteiger partial charge is 0.166 e. The molecule has 0 spiro atoms. The van der Waals surface area contributed by atoms with Gasteiger partial charge in [0.25, 0.3) is 0 Å². The lowest BCUT2D eigenvalue weighted by Crippen LogP contribution is -2.03. The molecule has 0 fully saturated rings. The quantitative estimate of drug-likeness (QED) is 0.769. The lowest BCUT2D eigenvalue weighted by molar-refractivity contribution is 0.0980. The minimum Gasteiger partial charge on any atom is -0.496 e. The Hall–Kier alpha value is -1.61. The van der Waals surface area contributed by atoms with Gasteiger partial charge in [0.05, 0.1) is 12.7 Å². The molecule has 0 unspecified atom stereocenters. The normalized spacial score (nSPS) is 10.2. The van der Waals surface area contributed by atoms with Gasteiger partial charge in [-0.3, -0.25) is 4.79 Å². The summed E-state index contributed by atoms with van der Waals surface area (Å²) in [6, 6.07) is 15.4. The minimum absolute atomic E-state index is 0.109. The summed E-state index contributed by atoms with van der Waals surface area (Å²) in [6.45, 7) is 0. The third-order valence-corrected chi connectivity index (χ3v) is 3.43. The standard InChI is InChI=1S/C16H15BrO2/c1-19-16-8-3-2-7-14(16)15(18)10-9-12-5-4-6-13(17)11-12/h2-8,11H,9-10H2,1H3. The summed E-state index contributed by atoms with van der Waals surface area (Å²) in [5, 5.41) is 0. The Morgan fingerprint density at radius 2 is 1.95 bits per heavy atom. The van der Waals surface area contributed by atoms with E-state index < -0.39 is 0 Å². The van der Waals surface area contributed by atoms with E-state index >= 15 is 0 Å². The van der Waals surface area contributed by atoms with Crippen molar-refractivity contribution in [3.63, 3.8) is 0 Å². The van der Waals surface area contributed by atoms with Gasteiger partial charge in [-0.1, -0.05) is 40.2 Å². The SMILES string of the molecule is COc1ccccc1C(=O)CCc1cccc(Br)c1. The van der Waals surface area contributed by atoms with Gasteiger partial charge in [0, 0.05) is 10.9 Å². The number of hydrogen-bond acceptors (Lipinski definition) is 2. The molecular formula is C16H15BrO2. The first-order chi connectivity index (χ1) is 9.20. The fourth-order valence-corrected chi connectivity index (χ4v) is 2.41. The summed E-state index contributed by atoms with van der Waals surface area (Å²) in [6.07, 6.45) is 1.22. The third kappa shape index (κ3) is 3.67. The van der Waals surface area contributed by atoms with Gasteiger partial charge in [0.15, 0.2) is 5.78 Å². The van der Waals surface area contributed by atoms with Crippen LogP contribution >= 0.6 is 15.9 Å². The van der Waals surface area contributed by atoms with Gasteiger partial charge < -0.3 is 4.74 Å². The zero-order valence-corrected chi connectivity index (χ0v) is 12.3. The largest absolute Gasteiger partial charge is 0.496 e. The maximum Gasteiger partial charge on any atom is 0.166 e. The molecule has 3 heteroatoms. The number of aryl methyl sites for hydroxylation is 1. The van der Waals surface area contributed by atoms with Crippen molar-refractivity contribution in [2.45, 2.75) is 12.8 Å². The van der Waals surface area contributed by atoms with E-state index in [1.165, 1.54) is 0 Å². The van der Waals surface area contributed by atoms with E-state index in [0.29, 0.717) is 17.7 Å². The summed E-state index contributed by atoms with van der Waals surface area (Å²) >= 11 is 3.43. The van der Waals surface area contributed by atoms with E-state index in [1.807, 2.05) is 48.5 Å². The highest BCUT2D eigenvalue weighted by Gasteiger charge is 2.11. The Bertz CT molecular complexity index is 578. The zero-order chi connectivity index (χ0) is 13.7. The fraction of sp³-hybridized carbons (Fsp3) is 0.188. The lowest BCUT2D eigenvalue weighted by Gasteiger charge is -2.07. The maximum absolute atomic E-state index is 12.2. The Morgan fingerprint density at radius 1 is 1.16 bits per heavy atom. The average molecular weight is 319 g/mol. The Morgan fingerprint density at radius 3 is 2.68 bits per heavy atom. The van der Waals surface area contributed by atoms with E-state index in [4.69, 9.17) is 4.74 Å². The molecule has 0 saturated heterocycles. The molecule has 0 N–H and O–H groups in total. The molecule has 98 valence electrons. The van der Waals surface area contributed by atoms with Gasteiger partial charge in [-0.25, -0.2) is 0 Å². The Balaban J connectivity index is 2.05. The summed E-state index contributed by atoms with van der Waals surface area (Å²) in [7, 11) is 1.58. The summed E-state index contributed by atoms with van der Waals surface area (Å²) in [5.74, 6) is 0.749. The third-order valence-electron chi connectivity index (χ3n) is 2.94. The molecule has 0 aliphatic carbocycles. The second kappa shape index (κ2) is 6.53. The van der Waals surface area contributed by atoms with Crippen LogP contribution in [-0.4, -0.2) is 12.9 Å². The molecule has 2 aromatic rings. The van der Waals surface area contributed by atoms with Gasteiger partial charge >= 0.3 is 0 Å².